The molecule has 13 nitrogen and oxygen atoms in total. The number of hydrogen-bond donors (Lipinski definition) is 6. The number of aromatic nitrogens is 4. The number of alkyl halides is 3. The highest BCUT2D eigenvalue weighted by atomic mass is 32.2. The summed E-state index contributed by atoms with van der Waals surface area (Å²) in [6, 6.07) is 13.3. The van der Waals surface area contributed by atoms with E-state index in [-0.39, 0.29) is 21.7 Å². The van der Waals surface area contributed by atoms with Gasteiger partial charge in [0.05, 0.1) is 24.6 Å². The third-order valence-electron chi connectivity index (χ3n) is 6.35. The van der Waals surface area contributed by atoms with Crippen LogP contribution in [0.25, 0.3) is 11.1 Å². The van der Waals surface area contributed by atoms with Crippen LogP contribution in [0.15, 0.2) is 62.5 Å². The number of thiophene rings is 1. The fraction of sp³-hybridized carbons (Fsp3) is 0.286. The first-order chi connectivity index (χ1) is 22.1. The normalized spacial score (nSPS) is 11.3. The van der Waals surface area contributed by atoms with Crippen molar-refractivity contribution in [3.63, 3.8) is 0 Å². The topological polar surface area (TPSA) is 217 Å². The number of nitrogens with one attached hydrogen (secondary N) is 4. The molecule has 0 saturated carbocycles. The number of urea groups is 1. The Morgan fingerprint density at radius 1 is 1.13 bits per heavy atom. The smallest absolute Gasteiger partial charge is 0.475 e. The minimum Gasteiger partial charge on any atom is -0.475 e. The van der Waals surface area contributed by atoms with E-state index in [0.717, 1.165) is 36.8 Å². The van der Waals surface area contributed by atoms with E-state index in [1.807, 2.05) is 25.1 Å². The van der Waals surface area contributed by atoms with Crippen molar-refractivity contribution < 1.29 is 36.3 Å². The van der Waals surface area contributed by atoms with Crippen LogP contribution in [0.3, 0.4) is 0 Å². The van der Waals surface area contributed by atoms with Crippen LogP contribution in [0.5, 0.6) is 0 Å². The second kappa shape index (κ2) is 16.4. The molecule has 0 radical (unpaired) electrons. The molecule has 0 aliphatic heterocycles. The van der Waals surface area contributed by atoms with Crippen LogP contribution in [-0.4, -0.2) is 71.0 Å². The number of halogens is 3. The van der Waals surface area contributed by atoms with Crippen molar-refractivity contribution in [1.29, 1.82) is 5.41 Å². The van der Waals surface area contributed by atoms with Gasteiger partial charge in [-0.1, -0.05) is 35.9 Å². The zero-order valence-electron chi connectivity index (χ0n) is 25.0. The van der Waals surface area contributed by atoms with Crippen molar-refractivity contribution in [3.05, 3.63) is 64.8 Å². The minimum absolute atomic E-state index is 0.118. The van der Waals surface area contributed by atoms with E-state index in [4.69, 9.17) is 21.0 Å². The van der Waals surface area contributed by atoms with Crippen LogP contribution in [0.2, 0.25) is 0 Å². The van der Waals surface area contributed by atoms with Crippen LogP contribution < -0.4 is 16.4 Å². The Kier molecular flexibility index (Phi) is 12.9. The summed E-state index contributed by atoms with van der Waals surface area (Å²) in [5, 5.41) is 34.5. The van der Waals surface area contributed by atoms with Gasteiger partial charge >= 0.3 is 18.2 Å². The number of anilines is 1. The number of carbonyl (C=O) groups excluding carboxylic acids is 1. The summed E-state index contributed by atoms with van der Waals surface area (Å²) in [5.41, 5.74) is 8.46. The summed E-state index contributed by atoms with van der Waals surface area (Å²) >= 11 is 2.48. The molecule has 0 aliphatic carbocycles. The molecular formula is C28H31F3N8O5S3. The Morgan fingerprint density at radius 2 is 1.83 bits per heavy atom. The van der Waals surface area contributed by atoms with Crippen LogP contribution in [0, 0.1) is 12.3 Å². The monoisotopic (exact) mass is 712 g/mol. The first-order valence-electron chi connectivity index (χ1n) is 13.7. The second-order valence-corrected chi connectivity index (χ2v) is 13.8. The van der Waals surface area contributed by atoms with Crippen molar-refractivity contribution in [2.45, 2.75) is 52.8 Å². The SMILES string of the molecule is CSc1sc(C(=N)N)cc1S(=O)(=O)c1cccc(-c2c(C)cccc2NC(=O)NCCCCCc2nn[nH]n2)c1.O=C(O)C(F)(F)F. The number of sulfone groups is 1. The van der Waals surface area contributed by atoms with Gasteiger partial charge in [-0.3, -0.25) is 5.41 Å². The molecule has 2 aromatic heterocycles. The van der Waals surface area contributed by atoms with Gasteiger partial charge in [-0.25, -0.2) is 18.0 Å². The van der Waals surface area contributed by atoms with E-state index in [9.17, 15) is 26.4 Å². The van der Waals surface area contributed by atoms with E-state index in [1.54, 1.807) is 30.5 Å². The van der Waals surface area contributed by atoms with E-state index in [2.05, 4.69) is 31.3 Å². The highest BCUT2D eigenvalue weighted by Crippen LogP contribution is 2.39. The zero-order chi connectivity index (χ0) is 34.8. The number of tetrazole rings is 1. The molecule has 4 aromatic rings. The van der Waals surface area contributed by atoms with Crippen molar-refractivity contribution in [2.75, 3.05) is 18.1 Å². The van der Waals surface area contributed by atoms with Gasteiger partial charge in [0.2, 0.25) is 9.84 Å². The molecule has 47 heavy (non-hydrogen) atoms. The number of aliphatic carboxylic acids is 1. The van der Waals surface area contributed by atoms with Gasteiger partial charge in [-0.2, -0.15) is 18.4 Å². The highest BCUT2D eigenvalue weighted by Gasteiger charge is 2.38. The van der Waals surface area contributed by atoms with E-state index < -0.39 is 22.0 Å². The maximum Gasteiger partial charge on any atom is 0.490 e. The molecule has 19 heteroatoms. The van der Waals surface area contributed by atoms with Crippen molar-refractivity contribution in [1.82, 2.24) is 25.9 Å². The number of benzene rings is 2. The lowest BCUT2D eigenvalue weighted by Gasteiger charge is -2.16. The molecule has 0 unspecified atom stereocenters. The Labute approximate surface area is 276 Å². The largest absolute Gasteiger partial charge is 0.490 e. The number of thioether (sulfide) groups is 1. The number of nitrogens with two attached hydrogens (primary N) is 1. The number of carbonyl (C=O) groups is 2. The summed E-state index contributed by atoms with van der Waals surface area (Å²) in [5.74, 6) is -2.25. The van der Waals surface area contributed by atoms with Crippen LogP contribution in [-0.2, 0) is 21.1 Å². The average Bonchev–Trinajstić information content (AvgIpc) is 3.70. The average molecular weight is 713 g/mol. The Morgan fingerprint density at radius 3 is 2.45 bits per heavy atom. The molecule has 2 aromatic carbocycles. The highest BCUT2D eigenvalue weighted by molar-refractivity contribution is 8.01. The van der Waals surface area contributed by atoms with Crippen molar-refractivity contribution >= 4 is 56.5 Å². The van der Waals surface area contributed by atoms with Crippen molar-refractivity contribution in [3.8, 4) is 11.1 Å². The molecule has 252 valence electrons. The number of hydrogen-bond acceptors (Lipinski definition) is 10. The van der Waals surface area contributed by atoms with E-state index in [0.29, 0.717) is 32.7 Å². The molecule has 0 atom stereocenters. The van der Waals surface area contributed by atoms with Gasteiger partial charge in [-0.15, -0.1) is 33.3 Å². The second-order valence-electron chi connectivity index (χ2n) is 9.73. The number of aryl methyl sites for hydroxylation is 2. The van der Waals surface area contributed by atoms with Gasteiger partial charge in [0.1, 0.15) is 5.84 Å². The first-order valence-corrected chi connectivity index (χ1v) is 17.2. The maximum absolute atomic E-state index is 13.6. The molecule has 0 fully saturated rings. The number of amidine groups is 1. The quantitative estimate of drug-likeness (QED) is 0.0486. The number of H-pyrrole nitrogens is 1. The van der Waals surface area contributed by atoms with E-state index in [1.165, 1.54) is 29.2 Å². The molecule has 7 N–H and O–H groups in total. The first kappa shape index (κ1) is 37.0. The van der Waals surface area contributed by atoms with Gasteiger partial charge in [0.25, 0.3) is 0 Å². The fourth-order valence-electron chi connectivity index (χ4n) is 4.16. The maximum atomic E-state index is 13.6. The number of aromatic amines is 1. The lowest BCUT2D eigenvalue weighted by atomic mass is 9.98. The van der Waals surface area contributed by atoms with Crippen molar-refractivity contribution in [2.24, 2.45) is 5.73 Å². The third kappa shape index (κ3) is 10.2. The van der Waals surface area contributed by atoms with Crippen LogP contribution in [0.4, 0.5) is 23.7 Å². The van der Waals surface area contributed by atoms with Crippen LogP contribution >= 0.6 is 23.1 Å². The number of nitrogens with zero attached hydrogens (tertiary/aromatic N) is 3. The molecule has 4 rings (SSSR count). The van der Waals surface area contributed by atoms with Crippen LogP contribution in [0.1, 0.15) is 35.5 Å². The number of amides is 2. The molecule has 0 spiro atoms. The summed E-state index contributed by atoms with van der Waals surface area (Å²) in [7, 11) is -3.88. The number of unbranched alkanes of at least 4 members (excludes halogenated alkanes) is 2. The number of rotatable bonds is 12. The molecule has 0 saturated heterocycles. The summed E-state index contributed by atoms with van der Waals surface area (Å²) in [6.45, 7) is 2.42. The lowest BCUT2D eigenvalue weighted by Crippen LogP contribution is -2.29. The number of carboxylic acid groups (broad SMARTS) is 1. The number of carboxylic acids is 1. The molecule has 2 heterocycles. The van der Waals surface area contributed by atoms with E-state index >= 15 is 0 Å². The summed E-state index contributed by atoms with van der Waals surface area (Å²) in [6.07, 6.45) is 0.0364. The summed E-state index contributed by atoms with van der Waals surface area (Å²) in [4.78, 5) is 22.2. The lowest BCUT2D eigenvalue weighted by molar-refractivity contribution is -0.192. The zero-order valence-corrected chi connectivity index (χ0v) is 27.5. The fourth-order valence-corrected chi connectivity index (χ4v) is 8.07. The predicted molar refractivity (Wildman–Crippen MR) is 172 cm³/mol. The Bertz CT molecular complexity index is 1810. The number of nitrogen functional groups attached to an aromatic ring is 1. The van der Waals surface area contributed by atoms with Gasteiger partial charge in [0.15, 0.2) is 5.82 Å². The molecule has 0 aliphatic rings. The molecule has 0 bridgehead atoms. The van der Waals surface area contributed by atoms with Gasteiger partial charge < -0.3 is 21.5 Å². The third-order valence-corrected chi connectivity index (χ3v) is 10.7. The minimum atomic E-state index is -5.08. The molecular weight excluding hydrogens is 682 g/mol. The Hall–Kier alpha value is -4.49. The standard InChI is InChI=1S/C26H30N8O3S3.C2HF3O2/c1-16-8-6-11-19(30-26(35)29-13-5-3-4-12-22-31-33-34-32-22)23(16)17-9-7-10-18(14-17)40(36,37)21-15-20(24(27)28)39-25(21)38-2;3-2(4,5)1(6)7/h6-11,14-15H,3-5,12-13H2,1-2H3,(H3,27,28)(H2,29,30,35)(H,31,32,33,34);(H,6,7). The Balaban J connectivity index is 0.000000771. The van der Waals surface area contributed by atoms with Gasteiger partial charge in [0, 0.05) is 18.5 Å². The summed E-state index contributed by atoms with van der Waals surface area (Å²) < 4.78 is 59.6. The molecule has 2 amide bonds. The van der Waals surface area contributed by atoms with Gasteiger partial charge in [-0.05, 0) is 61.4 Å². The predicted octanol–water partition coefficient (Wildman–Crippen LogP) is 5.24.